The monoisotopic (exact) mass is 526 g/mol. The molecule has 2 aromatic heterocycles. The number of nitrogens with one attached hydrogen (secondary N) is 3. The summed E-state index contributed by atoms with van der Waals surface area (Å²) in [6.07, 6.45) is 3.32. The van der Waals surface area contributed by atoms with Gasteiger partial charge in [-0.2, -0.15) is 5.10 Å². The van der Waals surface area contributed by atoms with Crippen molar-refractivity contribution >= 4 is 58.5 Å². The number of nitrogens with zero attached hydrogens (tertiary/aromatic N) is 5. The van der Waals surface area contributed by atoms with E-state index in [2.05, 4.69) is 67.2 Å². The molecule has 0 radical (unpaired) electrons. The highest BCUT2D eigenvalue weighted by Gasteiger charge is 2.06. The average Bonchev–Trinajstić information content (AvgIpc) is 3.11. The first-order valence-corrected chi connectivity index (χ1v) is 10.3. The van der Waals surface area contributed by atoms with Crippen molar-refractivity contribution in [3.63, 3.8) is 0 Å². The number of hydrogen-bond donors (Lipinski definition) is 3. The largest absolute Gasteiger partial charge is 0.367 e. The molecule has 0 atom stereocenters. The zero-order valence-corrected chi connectivity index (χ0v) is 19.8. The van der Waals surface area contributed by atoms with Gasteiger partial charge in [0.1, 0.15) is 12.1 Å². The standard InChI is InChI=1S/C19H26N8S.HI/c1-3-20-19(23-11-12-28-15-7-5-4-6-8-15)22-10-9-21-17-16-13-26-27(2)18(16)25-14-24-17;/h4-8,13-14H,3,9-12H2,1-2H3,(H2,20,22,23)(H,21,24,25);1H. The molecule has 0 fully saturated rings. The van der Waals surface area contributed by atoms with Crippen LogP contribution in [0.3, 0.4) is 0 Å². The molecule has 3 N–H and O–H groups in total. The Kier molecular flexibility index (Phi) is 9.98. The zero-order chi connectivity index (χ0) is 19.6. The Morgan fingerprint density at radius 1 is 1.14 bits per heavy atom. The van der Waals surface area contributed by atoms with Gasteiger partial charge in [-0.15, -0.1) is 35.7 Å². The van der Waals surface area contributed by atoms with Crippen LogP contribution in [0.1, 0.15) is 6.92 Å². The number of aliphatic imine (C=N–C) groups is 1. The first kappa shape index (κ1) is 23.2. The summed E-state index contributed by atoms with van der Waals surface area (Å²) >= 11 is 1.83. The smallest absolute Gasteiger partial charge is 0.191 e. The third-order valence-corrected chi connectivity index (χ3v) is 4.97. The van der Waals surface area contributed by atoms with Crippen molar-refractivity contribution in [2.75, 3.05) is 37.2 Å². The molecule has 0 unspecified atom stereocenters. The SMILES string of the molecule is CCNC(=NCCNc1ncnc2c1cnn2C)NCCSc1ccccc1.I. The molecule has 10 heteroatoms. The van der Waals surface area contributed by atoms with Crippen LogP contribution in [0.4, 0.5) is 5.82 Å². The molecule has 0 amide bonds. The molecule has 2 heterocycles. The number of halogens is 1. The average molecular weight is 526 g/mol. The minimum absolute atomic E-state index is 0. The summed E-state index contributed by atoms with van der Waals surface area (Å²) < 4.78 is 1.74. The fourth-order valence-corrected chi connectivity index (χ4v) is 3.43. The molecule has 0 aliphatic heterocycles. The number of fused-ring (bicyclic) bond motifs is 1. The summed E-state index contributed by atoms with van der Waals surface area (Å²) in [7, 11) is 1.87. The van der Waals surface area contributed by atoms with Gasteiger partial charge >= 0.3 is 0 Å². The number of aromatic nitrogens is 4. The lowest BCUT2D eigenvalue weighted by Crippen LogP contribution is -2.38. The van der Waals surface area contributed by atoms with Crippen molar-refractivity contribution in [3.05, 3.63) is 42.9 Å². The summed E-state index contributed by atoms with van der Waals surface area (Å²) in [5, 5.41) is 15.1. The van der Waals surface area contributed by atoms with Crippen LogP contribution in [0.5, 0.6) is 0 Å². The lowest BCUT2D eigenvalue weighted by atomic mass is 10.4. The normalized spacial score (nSPS) is 11.2. The second-order valence-corrected chi connectivity index (χ2v) is 7.17. The topological polar surface area (TPSA) is 92.1 Å². The molecule has 8 nitrogen and oxygen atoms in total. The van der Waals surface area contributed by atoms with Gasteiger partial charge in [0.15, 0.2) is 11.6 Å². The Morgan fingerprint density at radius 3 is 2.76 bits per heavy atom. The number of rotatable bonds is 9. The minimum atomic E-state index is 0. The number of thioether (sulfide) groups is 1. The van der Waals surface area contributed by atoms with Crippen LogP contribution in [0.15, 0.2) is 52.7 Å². The maximum Gasteiger partial charge on any atom is 0.191 e. The molecule has 0 aliphatic rings. The molecule has 29 heavy (non-hydrogen) atoms. The van der Waals surface area contributed by atoms with Gasteiger partial charge in [-0.25, -0.2) is 9.97 Å². The van der Waals surface area contributed by atoms with Gasteiger partial charge < -0.3 is 16.0 Å². The molecule has 0 spiro atoms. The van der Waals surface area contributed by atoms with E-state index in [9.17, 15) is 0 Å². The van der Waals surface area contributed by atoms with Crippen LogP contribution < -0.4 is 16.0 Å². The predicted molar refractivity (Wildman–Crippen MR) is 131 cm³/mol. The molecular weight excluding hydrogens is 499 g/mol. The third kappa shape index (κ3) is 7.03. The van der Waals surface area contributed by atoms with Gasteiger partial charge in [0.05, 0.1) is 18.1 Å². The molecule has 156 valence electrons. The summed E-state index contributed by atoms with van der Waals surface area (Å²) in [4.78, 5) is 14.4. The second-order valence-electron chi connectivity index (χ2n) is 6.00. The van der Waals surface area contributed by atoms with Crippen molar-refractivity contribution in [2.24, 2.45) is 12.0 Å². The van der Waals surface area contributed by atoms with Gasteiger partial charge in [-0.1, -0.05) is 18.2 Å². The van der Waals surface area contributed by atoms with E-state index in [-0.39, 0.29) is 24.0 Å². The van der Waals surface area contributed by atoms with Gasteiger partial charge in [0.2, 0.25) is 0 Å². The Balaban J connectivity index is 0.00000300. The molecule has 0 saturated heterocycles. The maximum absolute atomic E-state index is 4.62. The highest BCUT2D eigenvalue weighted by molar-refractivity contribution is 14.0. The van der Waals surface area contributed by atoms with Gasteiger partial charge in [0.25, 0.3) is 0 Å². The Hall–Kier alpha value is -2.08. The van der Waals surface area contributed by atoms with E-state index in [1.54, 1.807) is 17.2 Å². The van der Waals surface area contributed by atoms with Gasteiger partial charge in [-0.05, 0) is 19.1 Å². The lowest BCUT2D eigenvalue weighted by Gasteiger charge is -2.11. The van der Waals surface area contributed by atoms with Crippen LogP contribution in [0.25, 0.3) is 11.0 Å². The van der Waals surface area contributed by atoms with Crippen LogP contribution in [-0.4, -0.2) is 57.6 Å². The molecule has 3 aromatic rings. The van der Waals surface area contributed by atoms with Crippen LogP contribution in [0.2, 0.25) is 0 Å². The van der Waals surface area contributed by atoms with Crippen LogP contribution >= 0.6 is 35.7 Å². The molecule has 0 saturated carbocycles. The number of benzene rings is 1. The van der Waals surface area contributed by atoms with Crippen molar-refractivity contribution in [2.45, 2.75) is 11.8 Å². The first-order valence-electron chi connectivity index (χ1n) is 9.34. The maximum atomic E-state index is 4.62. The minimum Gasteiger partial charge on any atom is -0.367 e. The molecule has 0 aliphatic carbocycles. The molecule has 0 bridgehead atoms. The van der Waals surface area contributed by atoms with Gasteiger partial charge in [0, 0.05) is 37.3 Å². The predicted octanol–water partition coefficient (Wildman–Crippen LogP) is 2.74. The van der Waals surface area contributed by atoms with E-state index in [1.807, 2.05) is 24.9 Å². The van der Waals surface area contributed by atoms with Crippen LogP contribution in [0, 0.1) is 0 Å². The Bertz CT molecular complexity index is 900. The van der Waals surface area contributed by atoms with E-state index in [1.165, 1.54) is 4.90 Å². The summed E-state index contributed by atoms with van der Waals surface area (Å²) in [5.74, 6) is 2.59. The third-order valence-electron chi connectivity index (χ3n) is 3.95. The van der Waals surface area contributed by atoms with Gasteiger partial charge in [-0.3, -0.25) is 9.67 Å². The first-order chi connectivity index (χ1) is 13.8. The molecule has 3 rings (SSSR count). The van der Waals surface area contributed by atoms with Crippen molar-refractivity contribution in [1.29, 1.82) is 0 Å². The highest BCUT2D eigenvalue weighted by Crippen LogP contribution is 2.17. The Labute approximate surface area is 192 Å². The van der Waals surface area contributed by atoms with Crippen molar-refractivity contribution in [1.82, 2.24) is 30.4 Å². The van der Waals surface area contributed by atoms with E-state index >= 15 is 0 Å². The van der Waals surface area contributed by atoms with E-state index in [4.69, 9.17) is 0 Å². The number of hydrogen-bond acceptors (Lipinski definition) is 6. The fraction of sp³-hybridized carbons (Fsp3) is 0.368. The van der Waals surface area contributed by atoms with Crippen molar-refractivity contribution < 1.29 is 0 Å². The zero-order valence-electron chi connectivity index (χ0n) is 16.6. The summed E-state index contributed by atoms with van der Waals surface area (Å²) in [6.45, 7) is 5.05. The van der Waals surface area contributed by atoms with Crippen LogP contribution in [-0.2, 0) is 7.05 Å². The summed E-state index contributed by atoms with van der Waals surface area (Å²) in [5.41, 5.74) is 0.812. The number of aryl methyl sites for hydroxylation is 1. The van der Waals surface area contributed by atoms with Crippen molar-refractivity contribution in [3.8, 4) is 0 Å². The van der Waals surface area contributed by atoms with E-state index in [0.717, 1.165) is 41.7 Å². The molecule has 1 aromatic carbocycles. The fourth-order valence-electron chi connectivity index (χ4n) is 2.64. The second kappa shape index (κ2) is 12.5. The summed E-state index contributed by atoms with van der Waals surface area (Å²) in [6, 6.07) is 10.4. The quantitative estimate of drug-likeness (QED) is 0.130. The molecular formula is C19H27IN8S. The number of guanidine groups is 1. The number of anilines is 1. The Morgan fingerprint density at radius 2 is 1.97 bits per heavy atom. The lowest BCUT2D eigenvalue weighted by molar-refractivity contribution is 0.785. The van der Waals surface area contributed by atoms with E-state index in [0.29, 0.717) is 13.1 Å². The highest BCUT2D eigenvalue weighted by atomic mass is 127. The van der Waals surface area contributed by atoms with E-state index < -0.39 is 0 Å².